The summed E-state index contributed by atoms with van der Waals surface area (Å²) in [6.07, 6.45) is 0. The molecule has 0 spiro atoms. The van der Waals surface area contributed by atoms with Crippen molar-refractivity contribution in [1.82, 2.24) is 0 Å². The molecule has 1 aromatic rings. The van der Waals surface area contributed by atoms with Crippen LogP contribution in [-0.2, 0) is 4.57 Å². The number of benzene rings is 1. The standard InChI is InChI=1S/C18H21Cl9N2O4P/c1-13(2,16(19,20)21)31-9-7-8-10(34(30)29-28)12(33-15(5,6)18(25,26)27)11(9)32-14(3,4)17(22,23)24/h7-8,28H,1-6H3/q+1. The molecule has 1 aromatic carbocycles. The Labute approximate surface area is 244 Å². The minimum atomic E-state index is -2.66. The van der Waals surface area contributed by atoms with E-state index in [1.165, 1.54) is 53.7 Å². The Bertz CT molecular complexity index is 939. The summed E-state index contributed by atoms with van der Waals surface area (Å²) in [7, 11) is -2.66. The van der Waals surface area contributed by atoms with Gasteiger partial charge in [-0.15, -0.1) is 0 Å². The minimum Gasteiger partial charge on any atom is -0.479 e. The lowest BCUT2D eigenvalue weighted by atomic mass is 10.1. The van der Waals surface area contributed by atoms with Crippen LogP contribution in [0.2, 0.25) is 0 Å². The van der Waals surface area contributed by atoms with E-state index in [0.29, 0.717) is 0 Å². The van der Waals surface area contributed by atoms with Gasteiger partial charge in [-0.05, 0) is 52.2 Å². The largest absolute Gasteiger partial charge is 0.548 e. The van der Waals surface area contributed by atoms with E-state index in [0.717, 1.165) is 0 Å². The van der Waals surface area contributed by atoms with Crippen LogP contribution in [0.5, 0.6) is 17.2 Å². The summed E-state index contributed by atoms with van der Waals surface area (Å²) in [5, 5.41) is -0.0820. The number of rotatable bonds is 8. The van der Waals surface area contributed by atoms with Gasteiger partial charge in [0.25, 0.3) is 5.30 Å². The van der Waals surface area contributed by atoms with Crippen molar-refractivity contribution in [2.45, 2.75) is 69.7 Å². The zero-order chi connectivity index (χ0) is 27.1. The second kappa shape index (κ2) is 11.0. The molecular weight excluding hydrogens is 658 g/mol. The van der Waals surface area contributed by atoms with E-state index in [-0.39, 0.29) is 22.6 Å². The average molecular weight is 679 g/mol. The third-order valence-electron chi connectivity index (χ3n) is 4.48. The zero-order valence-corrected chi connectivity index (χ0v) is 26.3. The Balaban J connectivity index is 4.00. The quantitative estimate of drug-likeness (QED) is 0.169. The normalized spacial score (nSPS) is 14.5. The van der Waals surface area contributed by atoms with Crippen LogP contribution < -0.4 is 19.5 Å². The molecule has 16 heteroatoms. The topological polar surface area (TPSA) is 81.0 Å². The highest BCUT2D eigenvalue weighted by Gasteiger charge is 2.50. The van der Waals surface area contributed by atoms with Gasteiger partial charge in [0.1, 0.15) is 0 Å². The van der Waals surface area contributed by atoms with Crippen LogP contribution in [0.3, 0.4) is 0 Å². The zero-order valence-electron chi connectivity index (χ0n) is 18.6. The van der Waals surface area contributed by atoms with Gasteiger partial charge in [-0.3, -0.25) is 0 Å². The molecule has 1 rings (SSSR count). The van der Waals surface area contributed by atoms with Crippen molar-refractivity contribution < 1.29 is 18.8 Å². The summed E-state index contributed by atoms with van der Waals surface area (Å²) in [6.45, 7) is 8.85. The number of hydrogen-bond donors (Lipinski definition) is 1. The second-order valence-electron chi connectivity index (χ2n) is 8.44. The highest BCUT2D eigenvalue weighted by atomic mass is 35.6. The van der Waals surface area contributed by atoms with E-state index in [1.54, 1.807) is 0 Å². The Hall–Kier alpha value is 0.930. The van der Waals surface area contributed by atoms with Gasteiger partial charge < -0.3 is 14.2 Å². The third-order valence-corrected chi connectivity index (χ3v) is 9.52. The van der Waals surface area contributed by atoms with Gasteiger partial charge in [0.05, 0.1) is 4.88 Å². The molecule has 0 heterocycles. The van der Waals surface area contributed by atoms with Crippen molar-refractivity contribution in [2.24, 2.45) is 4.88 Å². The maximum absolute atomic E-state index is 12.6. The minimum absolute atomic E-state index is 0.0501. The fourth-order valence-electron chi connectivity index (χ4n) is 1.97. The molecule has 0 aliphatic rings. The molecule has 0 fully saturated rings. The van der Waals surface area contributed by atoms with Gasteiger partial charge in [0.15, 0.2) is 22.6 Å². The third kappa shape index (κ3) is 7.72. The summed E-state index contributed by atoms with van der Waals surface area (Å²) in [4.78, 5) is 3.08. The van der Waals surface area contributed by atoms with Crippen molar-refractivity contribution >= 4 is 118 Å². The van der Waals surface area contributed by atoms with Crippen molar-refractivity contribution in [3.63, 3.8) is 0 Å². The number of hydrogen-bond acceptors (Lipinski definition) is 5. The Morgan fingerprint density at radius 2 is 1.03 bits per heavy atom. The van der Waals surface area contributed by atoms with E-state index in [9.17, 15) is 4.57 Å². The molecule has 1 N–H and O–H groups in total. The highest BCUT2D eigenvalue weighted by Crippen LogP contribution is 2.52. The molecule has 34 heavy (non-hydrogen) atoms. The Morgan fingerprint density at radius 1 is 0.676 bits per heavy atom. The molecule has 0 aliphatic heterocycles. The molecule has 1 unspecified atom stereocenters. The van der Waals surface area contributed by atoms with Gasteiger partial charge in [0.2, 0.25) is 22.9 Å². The van der Waals surface area contributed by atoms with Crippen LogP contribution in [0.4, 0.5) is 0 Å². The molecule has 6 nitrogen and oxygen atoms in total. The van der Waals surface area contributed by atoms with E-state index >= 15 is 0 Å². The number of nitrogens with zero attached hydrogens (tertiary/aromatic N) is 1. The van der Waals surface area contributed by atoms with Crippen molar-refractivity contribution in [1.29, 1.82) is 5.53 Å². The number of nitrogens with one attached hydrogen (secondary N) is 1. The van der Waals surface area contributed by atoms with Crippen LogP contribution in [0.15, 0.2) is 17.0 Å². The summed E-state index contributed by atoms with van der Waals surface area (Å²) < 4.78 is 24.8. The van der Waals surface area contributed by atoms with Crippen molar-refractivity contribution in [3.05, 3.63) is 12.1 Å². The second-order valence-corrected chi connectivity index (χ2v) is 16.5. The van der Waals surface area contributed by atoms with Gasteiger partial charge in [0, 0.05) is 6.07 Å². The summed E-state index contributed by atoms with van der Waals surface area (Å²) in [5.41, 5.74) is 2.77. The van der Waals surface area contributed by atoms with E-state index in [1.807, 2.05) is 0 Å². The molecule has 0 radical (unpaired) electrons. The average Bonchev–Trinajstić information content (AvgIpc) is 2.60. The molecule has 0 amide bonds. The first-order valence-corrected chi connectivity index (χ1v) is 13.8. The Kier molecular flexibility index (Phi) is 10.6. The first-order chi connectivity index (χ1) is 14.9. The summed E-state index contributed by atoms with van der Waals surface area (Å²) in [6, 6.07) is 2.67. The monoisotopic (exact) mass is 675 g/mol. The van der Waals surface area contributed by atoms with Gasteiger partial charge >= 0.3 is 7.95 Å². The van der Waals surface area contributed by atoms with Gasteiger partial charge in [-0.2, -0.15) is 5.53 Å². The first-order valence-electron chi connectivity index (χ1n) is 9.17. The number of halogens is 9. The molecule has 1 atom stereocenters. The SMILES string of the molecule is CC(C)(Oc1ccc([P+](=O)N=N)c(OC(C)(C)C(Cl)(Cl)Cl)c1OC(C)(C)C(Cl)(Cl)Cl)C(Cl)(Cl)Cl. The van der Waals surface area contributed by atoms with Gasteiger partial charge in [-0.25, -0.2) is 0 Å². The summed E-state index contributed by atoms with van der Waals surface area (Å²) >= 11 is 54.8. The predicted molar refractivity (Wildman–Crippen MR) is 144 cm³/mol. The van der Waals surface area contributed by atoms with E-state index in [2.05, 4.69) is 4.88 Å². The van der Waals surface area contributed by atoms with Gasteiger partial charge in [-0.1, -0.05) is 104 Å². The molecule has 0 saturated carbocycles. The molecular formula is C18H21Cl9N2O4P+. The lowest BCUT2D eigenvalue weighted by Crippen LogP contribution is -2.46. The van der Waals surface area contributed by atoms with Crippen LogP contribution in [0.25, 0.3) is 0 Å². The lowest BCUT2D eigenvalue weighted by Gasteiger charge is -2.38. The molecule has 0 aromatic heterocycles. The fraction of sp³-hybridized carbons (Fsp3) is 0.667. The van der Waals surface area contributed by atoms with Crippen LogP contribution in [0.1, 0.15) is 41.5 Å². The maximum atomic E-state index is 12.6. The van der Waals surface area contributed by atoms with Crippen molar-refractivity contribution in [2.75, 3.05) is 0 Å². The molecule has 0 aliphatic carbocycles. The number of ether oxygens (including phenoxy) is 3. The molecule has 194 valence electrons. The van der Waals surface area contributed by atoms with E-state index < -0.39 is 36.1 Å². The lowest BCUT2D eigenvalue weighted by molar-refractivity contribution is 0.0639. The number of alkyl halides is 9. The molecule has 0 saturated heterocycles. The fourth-order valence-corrected chi connectivity index (χ4v) is 2.95. The van der Waals surface area contributed by atoms with Crippen LogP contribution in [0, 0.1) is 5.53 Å². The van der Waals surface area contributed by atoms with Crippen LogP contribution in [-0.4, -0.2) is 28.2 Å². The smallest absolute Gasteiger partial charge is 0.479 e. The summed E-state index contributed by atoms with van der Waals surface area (Å²) in [5.74, 6) is -0.509. The van der Waals surface area contributed by atoms with E-state index in [4.69, 9.17) is 124 Å². The highest BCUT2D eigenvalue weighted by molar-refractivity contribution is 7.52. The van der Waals surface area contributed by atoms with Crippen molar-refractivity contribution in [3.8, 4) is 17.2 Å². The van der Waals surface area contributed by atoms with Crippen LogP contribution >= 0.6 is 112 Å². The first kappa shape index (κ1) is 33.0. The molecule has 0 bridgehead atoms. The predicted octanol–water partition coefficient (Wildman–Crippen LogP) is 9.67. The Morgan fingerprint density at radius 3 is 1.38 bits per heavy atom. The maximum Gasteiger partial charge on any atom is 0.548 e.